The molecule has 13 nitrogen and oxygen atoms in total. The van der Waals surface area contributed by atoms with Crippen LogP contribution >= 0.6 is 0 Å². The van der Waals surface area contributed by atoms with Crippen LogP contribution in [0.1, 0.15) is 36.8 Å². The summed E-state index contributed by atoms with van der Waals surface area (Å²) in [6, 6.07) is 1.80. The van der Waals surface area contributed by atoms with Crippen molar-refractivity contribution in [3.05, 3.63) is 40.2 Å². The lowest BCUT2D eigenvalue weighted by Gasteiger charge is -2.53. The highest BCUT2D eigenvalue weighted by Crippen LogP contribution is 2.56. The average molecular weight is 557 g/mol. The van der Waals surface area contributed by atoms with Crippen molar-refractivity contribution in [2.45, 2.75) is 49.5 Å². The highest BCUT2D eigenvalue weighted by atomic mass is 16.4. The fourth-order valence-electron chi connectivity index (χ4n) is 6.44. The normalized spacial score (nSPS) is 31.5. The van der Waals surface area contributed by atoms with Gasteiger partial charge in [0, 0.05) is 17.5 Å². The monoisotopic (exact) mass is 556 g/mol. The molecule has 9 N–H and O–H groups in total. The number of phenolic OH excluding ortho intramolecular Hbond substituents is 1. The van der Waals surface area contributed by atoms with E-state index in [4.69, 9.17) is 5.73 Å². The molecule has 2 saturated carbocycles. The molecule has 0 aliphatic heterocycles. The lowest BCUT2D eigenvalue weighted by atomic mass is 9.54. The number of nitrogens with two attached hydrogens (primary N) is 1. The molecule has 0 aromatic heterocycles. The summed E-state index contributed by atoms with van der Waals surface area (Å²) < 4.78 is 0. The van der Waals surface area contributed by atoms with E-state index in [0.717, 1.165) is 12.8 Å². The summed E-state index contributed by atoms with van der Waals surface area (Å²) in [7, 11) is 2.89. The lowest BCUT2D eigenvalue weighted by Crippen LogP contribution is -2.70. The number of fused-ring (bicyclic) bond motifs is 3. The van der Waals surface area contributed by atoms with Gasteiger partial charge >= 0.3 is 0 Å². The zero-order valence-electron chi connectivity index (χ0n) is 22.1. The molecule has 1 aromatic carbocycles. The standard InChI is InChI=1S/C27H32N4O9/c1-9-11-6-7-12(29-8-13(32)30-10-4-5-10)20(33)15(11)21(34)16-14(9)22(35)18-19(31(2)3)23(36)17(26(28)39)25(38)27(18,40)24(16)37/h6-7,9-10,14,18-19,22,29,33-35,38,40H,4-5,8H2,1-3H3,(H2,28,39)(H,30,32)/t9-,14+,18+,19+,22-,27-/m1/s1. The third-order valence-corrected chi connectivity index (χ3v) is 8.51. The summed E-state index contributed by atoms with van der Waals surface area (Å²) in [6.07, 6.45) is 0.138. The van der Waals surface area contributed by atoms with Crippen LogP contribution in [0.2, 0.25) is 0 Å². The van der Waals surface area contributed by atoms with E-state index >= 15 is 0 Å². The number of Topliss-reactive ketones (excluding diaryl/α,β-unsaturated/α-hetero) is 2. The van der Waals surface area contributed by atoms with Gasteiger partial charge in [-0.05, 0) is 44.5 Å². The molecule has 4 aliphatic carbocycles. The van der Waals surface area contributed by atoms with Crippen molar-refractivity contribution in [2.75, 3.05) is 26.0 Å². The predicted octanol–water partition coefficient (Wildman–Crippen LogP) is -0.814. The Morgan fingerprint density at radius 1 is 1.15 bits per heavy atom. The zero-order chi connectivity index (χ0) is 29.4. The molecule has 0 saturated heterocycles. The molecule has 5 rings (SSSR count). The molecular formula is C27H32N4O9. The van der Waals surface area contributed by atoms with E-state index in [2.05, 4.69) is 10.6 Å². The Labute approximate surface area is 229 Å². The molecule has 6 atom stereocenters. The minimum Gasteiger partial charge on any atom is -0.508 e. The van der Waals surface area contributed by atoms with Crippen LogP contribution in [0, 0.1) is 11.8 Å². The number of benzene rings is 1. The number of carbonyl (C=O) groups excluding carboxylic acids is 4. The number of aliphatic hydroxyl groups is 4. The molecule has 2 fully saturated rings. The van der Waals surface area contributed by atoms with Gasteiger partial charge in [0.15, 0.2) is 11.4 Å². The topological polar surface area (TPSA) is 223 Å². The number of amides is 2. The summed E-state index contributed by atoms with van der Waals surface area (Å²) in [5.74, 6) is -9.84. The van der Waals surface area contributed by atoms with Crippen LogP contribution in [0.5, 0.6) is 5.75 Å². The average Bonchev–Trinajstić information content (AvgIpc) is 3.69. The van der Waals surface area contributed by atoms with E-state index in [-0.39, 0.29) is 29.7 Å². The van der Waals surface area contributed by atoms with Crippen molar-refractivity contribution in [1.82, 2.24) is 10.2 Å². The maximum Gasteiger partial charge on any atom is 0.255 e. The first-order chi connectivity index (χ1) is 18.7. The van der Waals surface area contributed by atoms with E-state index in [1.165, 1.54) is 25.1 Å². The highest BCUT2D eigenvalue weighted by molar-refractivity contribution is 6.24. The summed E-state index contributed by atoms with van der Waals surface area (Å²) in [5.41, 5.74) is 1.21. The Hall–Kier alpha value is -3.94. The number of anilines is 1. The minimum atomic E-state index is -2.98. The number of rotatable bonds is 6. The van der Waals surface area contributed by atoms with Gasteiger partial charge in [-0.3, -0.25) is 24.1 Å². The van der Waals surface area contributed by atoms with Crippen molar-refractivity contribution in [3.8, 4) is 5.75 Å². The van der Waals surface area contributed by atoms with E-state index < -0.39 is 81.4 Å². The van der Waals surface area contributed by atoms with Crippen LogP contribution in [0.3, 0.4) is 0 Å². The first-order valence-electron chi connectivity index (χ1n) is 12.9. The third-order valence-electron chi connectivity index (χ3n) is 8.51. The van der Waals surface area contributed by atoms with Crippen LogP contribution in [0.25, 0.3) is 5.76 Å². The van der Waals surface area contributed by atoms with Crippen LogP contribution in [-0.4, -0.2) is 98.2 Å². The van der Waals surface area contributed by atoms with Gasteiger partial charge in [-0.15, -0.1) is 0 Å². The molecule has 4 aliphatic rings. The quantitative estimate of drug-likeness (QED) is 0.160. The molecule has 40 heavy (non-hydrogen) atoms. The molecule has 1 aromatic rings. The summed E-state index contributed by atoms with van der Waals surface area (Å²) in [4.78, 5) is 52.7. The Kier molecular flexibility index (Phi) is 6.44. The van der Waals surface area contributed by atoms with Gasteiger partial charge in [0.1, 0.15) is 22.8 Å². The summed E-state index contributed by atoms with van der Waals surface area (Å²) in [6.45, 7) is 1.48. The second kappa shape index (κ2) is 9.32. The maximum atomic E-state index is 14.0. The van der Waals surface area contributed by atoms with Gasteiger partial charge in [-0.1, -0.05) is 13.0 Å². The van der Waals surface area contributed by atoms with Gasteiger partial charge in [0.25, 0.3) is 5.91 Å². The van der Waals surface area contributed by atoms with Gasteiger partial charge in [0.05, 0.1) is 35.9 Å². The summed E-state index contributed by atoms with van der Waals surface area (Å²) >= 11 is 0. The minimum absolute atomic E-state index is 0.0950. The number of phenols is 1. The van der Waals surface area contributed by atoms with Crippen molar-refractivity contribution in [2.24, 2.45) is 17.6 Å². The molecule has 0 spiro atoms. The highest BCUT2D eigenvalue weighted by Gasteiger charge is 2.68. The number of primary amides is 1. The van der Waals surface area contributed by atoms with Gasteiger partial charge in [-0.2, -0.15) is 0 Å². The SMILES string of the molecule is C[C@@H]1c2ccc(NCC(=O)NC3CC3)c(O)c2C(O)=C2C(=O)[C@@]3(O)C(O)=C(C(N)=O)C(=O)[C@@H](N(C)C)[C@H]3[C@H](O)[C@H]21. The van der Waals surface area contributed by atoms with E-state index in [0.29, 0.717) is 5.56 Å². The van der Waals surface area contributed by atoms with Crippen molar-refractivity contribution in [3.63, 3.8) is 0 Å². The van der Waals surface area contributed by atoms with Crippen molar-refractivity contribution >= 4 is 34.8 Å². The molecular weight excluding hydrogens is 524 g/mol. The number of aromatic hydroxyl groups is 1. The number of ketones is 2. The molecule has 13 heteroatoms. The van der Waals surface area contributed by atoms with Crippen LogP contribution in [0.15, 0.2) is 29.0 Å². The number of likely N-dealkylation sites (N-methyl/N-ethyl adjacent to an activating group) is 1. The zero-order valence-corrected chi connectivity index (χ0v) is 22.1. The second-order valence-electron chi connectivity index (χ2n) is 11.2. The number of hydrogen-bond donors (Lipinski definition) is 8. The Balaban J connectivity index is 1.64. The maximum absolute atomic E-state index is 14.0. The molecule has 0 heterocycles. The van der Waals surface area contributed by atoms with Crippen LogP contribution in [-0.2, 0) is 19.2 Å². The Morgan fingerprint density at radius 2 is 1.80 bits per heavy atom. The first-order valence-corrected chi connectivity index (χ1v) is 12.9. The molecule has 2 amide bonds. The number of nitrogens with zero attached hydrogens (tertiary/aromatic N) is 1. The third kappa shape index (κ3) is 3.79. The van der Waals surface area contributed by atoms with Crippen LogP contribution in [0.4, 0.5) is 5.69 Å². The van der Waals surface area contributed by atoms with Crippen LogP contribution < -0.4 is 16.4 Å². The van der Waals surface area contributed by atoms with E-state index in [1.54, 1.807) is 13.0 Å². The number of nitrogens with one attached hydrogen (secondary N) is 2. The van der Waals surface area contributed by atoms with Gasteiger partial charge < -0.3 is 41.9 Å². The van der Waals surface area contributed by atoms with E-state index in [9.17, 15) is 44.7 Å². The summed E-state index contributed by atoms with van der Waals surface area (Å²) in [5, 5.41) is 62.3. The van der Waals surface area contributed by atoms with E-state index in [1.807, 2.05) is 0 Å². The van der Waals surface area contributed by atoms with Crippen molar-refractivity contribution in [1.29, 1.82) is 0 Å². The van der Waals surface area contributed by atoms with Crippen molar-refractivity contribution < 1.29 is 44.7 Å². The lowest BCUT2D eigenvalue weighted by molar-refractivity contribution is -0.169. The first kappa shape index (κ1) is 27.6. The Bertz CT molecular complexity index is 1410. The van der Waals surface area contributed by atoms with Gasteiger partial charge in [-0.25, -0.2) is 0 Å². The fraction of sp³-hybridized carbons (Fsp3) is 0.481. The largest absolute Gasteiger partial charge is 0.508 e. The molecule has 0 radical (unpaired) electrons. The molecule has 0 unspecified atom stereocenters. The molecule has 0 bridgehead atoms. The number of hydrogen-bond acceptors (Lipinski definition) is 11. The molecule has 214 valence electrons. The van der Waals surface area contributed by atoms with Gasteiger partial charge in [0.2, 0.25) is 11.7 Å². The second-order valence-corrected chi connectivity index (χ2v) is 11.2. The predicted molar refractivity (Wildman–Crippen MR) is 140 cm³/mol. The number of aliphatic hydroxyl groups excluding tert-OH is 3. The Morgan fingerprint density at radius 3 is 2.38 bits per heavy atom. The smallest absolute Gasteiger partial charge is 0.255 e. The number of carbonyl (C=O) groups is 4. The fourth-order valence-corrected chi connectivity index (χ4v) is 6.44.